The van der Waals surface area contributed by atoms with Gasteiger partial charge in [0.2, 0.25) is 0 Å². The summed E-state index contributed by atoms with van der Waals surface area (Å²) in [5.41, 5.74) is 3.90. The number of aryl methyl sites for hydroxylation is 1. The first-order valence-electron chi connectivity index (χ1n) is 8.66. The van der Waals surface area contributed by atoms with Crippen molar-refractivity contribution in [2.75, 3.05) is 7.05 Å². The molecule has 0 spiro atoms. The van der Waals surface area contributed by atoms with Gasteiger partial charge in [-0.25, -0.2) is 0 Å². The highest BCUT2D eigenvalue weighted by Crippen LogP contribution is 2.23. The lowest BCUT2D eigenvalue weighted by molar-refractivity contribution is 0.0924. The van der Waals surface area contributed by atoms with E-state index in [9.17, 15) is 4.79 Å². The summed E-state index contributed by atoms with van der Waals surface area (Å²) in [7, 11) is 2.01. The molecule has 1 heterocycles. The summed E-state index contributed by atoms with van der Waals surface area (Å²) in [6.45, 7) is 1.99. The summed E-state index contributed by atoms with van der Waals surface area (Å²) in [6, 6.07) is 10.9. The lowest BCUT2D eigenvalue weighted by Crippen LogP contribution is -2.41. The summed E-state index contributed by atoms with van der Waals surface area (Å²) in [6.07, 6.45) is 7.87. The maximum atomic E-state index is 12.7. The highest BCUT2D eigenvalue weighted by molar-refractivity contribution is 5.97. The summed E-state index contributed by atoms with van der Waals surface area (Å²) in [5, 5.41) is 6.55. The molecule has 4 heteroatoms. The molecule has 0 bridgehead atoms. The molecule has 1 amide bonds. The Morgan fingerprint density at radius 2 is 1.67 bits per heavy atom. The number of hydrogen-bond donors (Lipinski definition) is 2. The van der Waals surface area contributed by atoms with Gasteiger partial charge in [-0.1, -0.05) is 12.1 Å². The molecule has 0 radical (unpaired) electrons. The Hall–Kier alpha value is -2.20. The van der Waals surface area contributed by atoms with Crippen molar-refractivity contribution in [2.45, 2.75) is 44.7 Å². The Morgan fingerprint density at radius 1 is 1.00 bits per heavy atom. The average molecular weight is 323 g/mol. The normalized spacial score (nSPS) is 20.6. The maximum absolute atomic E-state index is 12.7. The number of nitrogens with zero attached hydrogens (tertiary/aromatic N) is 1. The van der Waals surface area contributed by atoms with E-state index >= 15 is 0 Å². The highest BCUT2D eigenvalue weighted by atomic mass is 16.1. The summed E-state index contributed by atoms with van der Waals surface area (Å²) >= 11 is 0. The summed E-state index contributed by atoms with van der Waals surface area (Å²) in [5.74, 6) is 0.0383. The van der Waals surface area contributed by atoms with E-state index in [4.69, 9.17) is 0 Å². The monoisotopic (exact) mass is 323 g/mol. The maximum Gasteiger partial charge on any atom is 0.251 e. The van der Waals surface area contributed by atoms with Crippen molar-refractivity contribution in [3.63, 3.8) is 0 Å². The van der Waals surface area contributed by atoms with Crippen LogP contribution >= 0.6 is 0 Å². The molecule has 126 valence electrons. The smallest absolute Gasteiger partial charge is 0.251 e. The highest BCUT2D eigenvalue weighted by Gasteiger charge is 2.22. The molecule has 1 fully saturated rings. The average Bonchev–Trinajstić information content (AvgIpc) is 2.63. The Bertz CT molecular complexity index is 691. The molecule has 1 saturated carbocycles. The quantitative estimate of drug-likeness (QED) is 0.907. The van der Waals surface area contributed by atoms with Crippen molar-refractivity contribution in [2.24, 2.45) is 0 Å². The minimum Gasteiger partial charge on any atom is -0.349 e. The predicted molar refractivity (Wildman–Crippen MR) is 97.0 cm³/mol. The zero-order valence-electron chi connectivity index (χ0n) is 14.4. The largest absolute Gasteiger partial charge is 0.349 e. The van der Waals surface area contributed by atoms with Gasteiger partial charge >= 0.3 is 0 Å². The predicted octanol–water partition coefficient (Wildman–Crippen LogP) is 3.32. The minimum absolute atomic E-state index is 0.0383. The molecule has 4 nitrogen and oxygen atoms in total. The van der Waals surface area contributed by atoms with E-state index < -0.39 is 0 Å². The molecule has 1 aliphatic rings. The van der Waals surface area contributed by atoms with Crippen LogP contribution in [-0.4, -0.2) is 30.0 Å². The molecule has 1 aromatic heterocycles. The second-order valence-corrected chi connectivity index (χ2v) is 6.58. The van der Waals surface area contributed by atoms with Crippen molar-refractivity contribution >= 4 is 5.91 Å². The fraction of sp³-hybridized carbons (Fsp3) is 0.400. The van der Waals surface area contributed by atoms with Gasteiger partial charge in [0.25, 0.3) is 5.91 Å². The van der Waals surface area contributed by atoms with Crippen molar-refractivity contribution in [3.05, 3.63) is 53.9 Å². The number of hydrogen-bond acceptors (Lipinski definition) is 3. The molecular formula is C20H25N3O. The third kappa shape index (κ3) is 3.82. The Kier molecular flexibility index (Phi) is 5.26. The van der Waals surface area contributed by atoms with E-state index in [0.717, 1.165) is 47.9 Å². The number of carbonyl (C=O) groups is 1. The van der Waals surface area contributed by atoms with Gasteiger partial charge in [0, 0.05) is 30.0 Å². The first-order valence-corrected chi connectivity index (χ1v) is 8.66. The van der Waals surface area contributed by atoms with Crippen LogP contribution < -0.4 is 10.6 Å². The van der Waals surface area contributed by atoms with Crippen molar-refractivity contribution in [1.29, 1.82) is 0 Å². The standard InChI is InChI=1S/C20H25N3O/c1-14-3-4-16(15-9-11-22-12-10-15)13-19(14)20(24)23-18-7-5-17(21-2)6-8-18/h3-4,9-13,17-18,21H,5-8H2,1-2H3,(H,23,24). The molecule has 0 atom stereocenters. The SMILES string of the molecule is CNC1CCC(NC(=O)c2cc(-c3ccncc3)ccc2C)CC1. The summed E-state index contributed by atoms with van der Waals surface area (Å²) in [4.78, 5) is 16.8. The van der Waals surface area contributed by atoms with Crippen LogP contribution in [0.1, 0.15) is 41.6 Å². The third-order valence-electron chi connectivity index (χ3n) is 4.97. The Morgan fingerprint density at radius 3 is 2.33 bits per heavy atom. The van der Waals surface area contributed by atoms with Crippen LogP contribution in [0.15, 0.2) is 42.7 Å². The number of carbonyl (C=O) groups excluding carboxylic acids is 1. The van der Waals surface area contributed by atoms with Crippen molar-refractivity contribution in [3.8, 4) is 11.1 Å². The van der Waals surface area contributed by atoms with Gasteiger partial charge in [-0.15, -0.1) is 0 Å². The van der Waals surface area contributed by atoms with Gasteiger partial charge in [-0.2, -0.15) is 0 Å². The molecular weight excluding hydrogens is 298 g/mol. The summed E-state index contributed by atoms with van der Waals surface area (Å²) < 4.78 is 0. The zero-order valence-corrected chi connectivity index (χ0v) is 14.4. The zero-order chi connectivity index (χ0) is 16.9. The van der Waals surface area contributed by atoms with E-state index in [1.54, 1.807) is 12.4 Å². The second kappa shape index (κ2) is 7.58. The molecule has 2 aromatic rings. The molecule has 24 heavy (non-hydrogen) atoms. The molecule has 0 aliphatic heterocycles. The molecule has 1 aliphatic carbocycles. The van der Waals surface area contributed by atoms with E-state index in [-0.39, 0.29) is 11.9 Å². The topological polar surface area (TPSA) is 54.0 Å². The lowest BCUT2D eigenvalue weighted by Gasteiger charge is -2.29. The number of amides is 1. The number of nitrogens with one attached hydrogen (secondary N) is 2. The molecule has 2 N–H and O–H groups in total. The number of benzene rings is 1. The van der Waals surface area contributed by atoms with E-state index in [1.807, 2.05) is 38.2 Å². The molecule has 3 rings (SSSR count). The van der Waals surface area contributed by atoms with E-state index in [1.165, 1.54) is 0 Å². The molecule has 0 saturated heterocycles. The minimum atomic E-state index is 0.0383. The van der Waals surface area contributed by atoms with Gasteiger partial charge in [-0.3, -0.25) is 9.78 Å². The van der Waals surface area contributed by atoms with E-state index in [2.05, 4.69) is 21.7 Å². The van der Waals surface area contributed by atoms with Gasteiger partial charge < -0.3 is 10.6 Å². The second-order valence-electron chi connectivity index (χ2n) is 6.58. The fourth-order valence-corrected chi connectivity index (χ4v) is 3.38. The number of aromatic nitrogens is 1. The van der Waals surface area contributed by atoms with Crippen LogP contribution in [-0.2, 0) is 0 Å². The van der Waals surface area contributed by atoms with Crippen LogP contribution in [0.2, 0.25) is 0 Å². The van der Waals surface area contributed by atoms with E-state index in [0.29, 0.717) is 6.04 Å². The van der Waals surface area contributed by atoms with Crippen molar-refractivity contribution in [1.82, 2.24) is 15.6 Å². The van der Waals surface area contributed by atoms with Gasteiger partial charge in [-0.05, 0) is 74.5 Å². The van der Waals surface area contributed by atoms with Crippen LogP contribution in [0.3, 0.4) is 0 Å². The van der Waals surface area contributed by atoms with Crippen LogP contribution in [0.25, 0.3) is 11.1 Å². The lowest BCUT2D eigenvalue weighted by atomic mass is 9.91. The third-order valence-corrected chi connectivity index (χ3v) is 4.97. The van der Waals surface area contributed by atoms with Crippen LogP contribution in [0.4, 0.5) is 0 Å². The van der Waals surface area contributed by atoms with Crippen LogP contribution in [0, 0.1) is 6.92 Å². The Labute approximate surface area is 143 Å². The number of pyridine rings is 1. The van der Waals surface area contributed by atoms with Crippen molar-refractivity contribution < 1.29 is 4.79 Å². The number of rotatable bonds is 4. The van der Waals surface area contributed by atoms with Gasteiger partial charge in [0.05, 0.1) is 0 Å². The molecule has 1 aromatic carbocycles. The first kappa shape index (κ1) is 16.7. The first-order chi connectivity index (χ1) is 11.7. The molecule has 0 unspecified atom stereocenters. The van der Waals surface area contributed by atoms with Crippen LogP contribution in [0.5, 0.6) is 0 Å². The fourth-order valence-electron chi connectivity index (χ4n) is 3.38. The van der Waals surface area contributed by atoms with Gasteiger partial charge in [0.15, 0.2) is 0 Å². The van der Waals surface area contributed by atoms with Gasteiger partial charge in [0.1, 0.15) is 0 Å². The Balaban J connectivity index is 1.73.